The van der Waals surface area contributed by atoms with Crippen LogP contribution in [0.4, 0.5) is 4.39 Å². The Balaban J connectivity index is 2.43. The van der Waals surface area contributed by atoms with Crippen LogP contribution in [0.15, 0.2) is 30.6 Å². The van der Waals surface area contributed by atoms with Gasteiger partial charge in [0.25, 0.3) is 0 Å². The van der Waals surface area contributed by atoms with Crippen LogP contribution in [0.3, 0.4) is 0 Å². The normalized spacial score (nSPS) is 10.4. The second kappa shape index (κ2) is 4.26. The molecule has 2 rings (SSSR count). The maximum absolute atomic E-state index is 13.1. The van der Waals surface area contributed by atoms with Crippen molar-refractivity contribution in [3.05, 3.63) is 42.0 Å². The number of rotatable bonds is 3. The van der Waals surface area contributed by atoms with E-state index >= 15 is 0 Å². The molecule has 4 heteroatoms. The van der Waals surface area contributed by atoms with Gasteiger partial charge in [0.2, 0.25) is 0 Å². The van der Waals surface area contributed by atoms with Crippen molar-refractivity contribution in [3.63, 3.8) is 0 Å². The average molecular weight is 218 g/mol. The minimum Gasteiger partial charge on any atom is -0.298 e. The molecule has 0 fully saturated rings. The first-order valence-electron chi connectivity index (χ1n) is 5.02. The van der Waals surface area contributed by atoms with Crippen molar-refractivity contribution in [1.29, 1.82) is 0 Å². The first kappa shape index (κ1) is 10.5. The summed E-state index contributed by atoms with van der Waals surface area (Å²) in [4.78, 5) is 10.6. The van der Waals surface area contributed by atoms with Crippen LogP contribution in [0.1, 0.15) is 17.3 Å². The average Bonchev–Trinajstić information content (AvgIpc) is 2.78. The molecule has 0 saturated heterocycles. The van der Waals surface area contributed by atoms with Gasteiger partial charge in [-0.3, -0.25) is 9.48 Å². The second-order valence-electron chi connectivity index (χ2n) is 3.44. The fraction of sp³-hybridized carbons (Fsp3) is 0.167. The van der Waals surface area contributed by atoms with E-state index in [4.69, 9.17) is 0 Å². The van der Waals surface area contributed by atoms with E-state index in [1.165, 1.54) is 12.1 Å². The van der Waals surface area contributed by atoms with Crippen LogP contribution >= 0.6 is 0 Å². The number of aldehydes is 1. The standard InChI is InChI=1S/C12H11FN2O/c1-2-15-7-11(6-14-15)9-3-4-12(13)10(5-9)8-16/h3-8H,2H2,1H3. The second-order valence-corrected chi connectivity index (χ2v) is 3.44. The molecule has 3 nitrogen and oxygen atoms in total. The molecule has 16 heavy (non-hydrogen) atoms. The van der Waals surface area contributed by atoms with Crippen LogP contribution in [0.2, 0.25) is 0 Å². The summed E-state index contributed by atoms with van der Waals surface area (Å²) in [6.45, 7) is 2.76. The zero-order valence-corrected chi connectivity index (χ0v) is 8.85. The van der Waals surface area contributed by atoms with Crippen molar-refractivity contribution in [3.8, 4) is 11.1 Å². The molecule has 0 aliphatic heterocycles. The van der Waals surface area contributed by atoms with Crippen LogP contribution in [0, 0.1) is 5.82 Å². The molecule has 82 valence electrons. The van der Waals surface area contributed by atoms with E-state index in [0.717, 1.165) is 17.7 Å². The zero-order chi connectivity index (χ0) is 11.5. The van der Waals surface area contributed by atoms with Gasteiger partial charge in [0, 0.05) is 18.3 Å². The Hall–Kier alpha value is -1.97. The Morgan fingerprint density at radius 2 is 2.25 bits per heavy atom. The first-order chi connectivity index (χ1) is 7.74. The SMILES string of the molecule is CCn1cc(-c2ccc(F)c(C=O)c2)cn1. The molecule has 1 aromatic carbocycles. The van der Waals surface area contributed by atoms with E-state index in [9.17, 15) is 9.18 Å². The molecule has 0 radical (unpaired) electrons. The van der Waals surface area contributed by atoms with Crippen molar-refractivity contribution in [2.24, 2.45) is 0 Å². The summed E-state index contributed by atoms with van der Waals surface area (Å²) in [5, 5.41) is 4.12. The van der Waals surface area contributed by atoms with Gasteiger partial charge in [0.1, 0.15) is 5.82 Å². The van der Waals surface area contributed by atoms with Gasteiger partial charge in [-0.15, -0.1) is 0 Å². The molecule has 0 aliphatic rings. The monoisotopic (exact) mass is 218 g/mol. The number of aromatic nitrogens is 2. The summed E-state index contributed by atoms with van der Waals surface area (Å²) in [7, 11) is 0. The molecule has 1 aromatic heterocycles. The summed E-state index contributed by atoms with van der Waals surface area (Å²) in [5.74, 6) is -0.498. The van der Waals surface area contributed by atoms with E-state index in [1.807, 2.05) is 13.1 Å². The summed E-state index contributed by atoms with van der Waals surface area (Å²) in [6, 6.07) is 4.46. The maximum Gasteiger partial charge on any atom is 0.153 e. The molecule has 0 bridgehead atoms. The lowest BCUT2D eigenvalue weighted by atomic mass is 10.1. The molecular formula is C12H11FN2O. The number of halogens is 1. The minimum absolute atomic E-state index is 0.0711. The lowest BCUT2D eigenvalue weighted by molar-refractivity contribution is 0.112. The summed E-state index contributed by atoms with van der Waals surface area (Å²) >= 11 is 0. The van der Waals surface area contributed by atoms with Gasteiger partial charge in [-0.2, -0.15) is 5.10 Å². The van der Waals surface area contributed by atoms with Gasteiger partial charge in [-0.25, -0.2) is 4.39 Å². The Kier molecular flexibility index (Phi) is 2.81. The number of aryl methyl sites for hydroxylation is 1. The minimum atomic E-state index is -0.498. The number of benzene rings is 1. The van der Waals surface area contributed by atoms with Crippen LogP contribution in [-0.4, -0.2) is 16.1 Å². The first-order valence-corrected chi connectivity index (χ1v) is 5.02. The van der Waals surface area contributed by atoms with Gasteiger partial charge >= 0.3 is 0 Å². The number of carbonyl (C=O) groups excluding carboxylic acids is 1. The largest absolute Gasteiger partial charge is 0.298 e. The lowest BCUT2D eigenvalue weighted by Crippen LogP contribution is -1.92. The van der Waals surface area contributed by atoms with Gasteiger partial charge in [0.15, 0.2) is 6.29 Å². The topological polar surface area (TPSA) is 34.9 Å². The Labute approximate surface area is 92.5 Å². The van der Waals surface area contributed by atoms with Gasteiger partial charge in [-0.1, -0.05) is 6.07 Å². The van der Waals surface area contributed by atoms with Crippen molar-refractivity contribution in [2.75, 3.05) is 0 Å². The quantitative estimate of drug-likeness (QED) is 0.742. The molecule has 0 atom stereocenters. The third kappa shape index (κ3) is 1.86. The van der Waals surface area contributed by atoms with E-state index in [2.05, 4.69) is 5.10 Å². The van der Waals surface area contributed by atoms with Gasteiger partial charge in [-0.05, 0) is 24.6 Å². The Bertz CT molecular complexity index is 519. The van der Waals surface area contributed by atoms with Crippen LogP contribution in [-0.2, 0) is 6.54 Å². The molecule has 0 aliphatic carbocycles. The molecule has 0 amide bonds. The Morgan fingerprint density at radius 1 is 1.44 bits per heavy atom. The van der Waals surface area contributed by atoms with Gasteiger partial charge < -0.3 is 0 Å². The maximum atomic E-state index is 13.1. The van der Waals surface area contributed by atoms with Crippen molar-refractivity contribution in [1.82, 2.24) is 9.78 Å². The summed E-state index contributed by atoms with van der Waals surface area (Å²) < 4.78 is 14.9. The summed E-state index contributed by atoms with van der Waals surface area (Å²) in [6.07, 6.45) is 4.08. The number of carbonyl (C=O) groups is 1. The smallest absolute Gasteiger partial charge is 0.153 e. The van der Waals surface area contributed by atoms with Gasteiger partial charge in [0.05, 0.1) is 11.8 Å². The third-order valence-corrected chi connectivity index (χ3v) is 2.41. The van der Waals surface area contributed by atoms with E-state index < -0.39 is 5.82 Å². The zero-order valence-electron chi connectivity index (χ0n) is 8.85. The highest BCUT2D eigenvalue weighted by Crippen LogP contribution is 2.20. The van der Waals surface area contributed by atoms with Crippen molar-refractivity contribution < 1.29 is 9.18 Å². The number of hydrogen-bond donors (Lipinski definition) is 0. The third-order valence-electron chi connectivity index (χ3n) is 2.41. The highest BCUT2D eigenvalue weighted by Gasteiger charge is 2.05. The highest BCUT2D eigenvalue weighted by molar-refractivity contribution is 5.79. The molecule has 0 unspecified atom stereocenters. The van der Waals surface area contributed by atoms with Crippen molar-refractivity contribution in [2.45, 2.75) is 13.5 Å². The summed E-state index contributed by atoms with van der Waals surface area (Å²) in [5.41, 5.74) is 1.75. The van der Waals surface area contributed by atoms with Crippen molar-refractivity contribution >= 4 is 6.29 Å². The van der Waals surface area contributed by atoms with E-state index in [-0.39, 0.29) is 5.56 Å². The van der Waals surface area contributed by atoms with E-state index in [0.29, 0.717) is 6.29 Å². The van der Waals surface area contributed by atoms with Crippen LogP contribution in [0.5, 0.6) is 0 Å². The Morgan fingerprint density at radius 3 is 2.88 bits per heavy atom. The van der Waals surface area contributed by atoms with Crippen LogP contribution < -0.4 is 0 Å². The van der Waals surface area contributed by atoms with E-state index in [1.54, 1.807) is 16.9 Å². The number of hydrogen-bond acceptors (Lipinski definition) is 2. The molecule has 1 heterocycles. The predicted octanol–water partition coefficient (Wildman–Crippen LogP) is 2.52. The molecule has 0 saturated carbocycles. The molecular weight excluding hydrogens is 207 g/mol. The highest BCUT2D eigenvalue weighted by atomic mass is 19.1. The van der Waals surface area contributed by atoms with Crippen LogP contribution in [0.25, 0.3) is 11.1 Å². The fourth-order valence-corrected chi connectivity index (χ4v) is 1.50. The fourth-order valence-electron chi connectivity index (χ4n) is 1.50. The molecule has 2 aromatic rings. The molecule has 0 N–H and O–H groups in total. The predicted molar refractivity (Wildman–Crippen MR) is 58.7 cm³/mol. The lowest BCUT2D eigenvalue weighted by Gasteiger charge is -1.99. The number of nitrogens with zero attached hydrogens (tertiary/aromatic N) is 2. The molecule has 0 spiro atoms.